The van der Waals surface area contributed by atoms with Crippen LogP contribution in [0, 0.1) is 5.41 Å². The van der Waals surface area contributed by atoms with Crippen molar-refractivity contribution in [1.82, 2.24) is 4.98 Å². The average molecular weight is 353 g/mol. The number of hydrogen-bond acceptors (Lipinski definition) is 5. The molecular formula is C17H21ClN2O2S. The molecule has 1 unspecified atom stereocenters. The molecule has 124 valence electrons. The molecule has 0 saturated carbocycles. The Balaban J connectivity index is 1.78. The highest BCUT2D eigenvalue weighted by Crippen LogP contribution is 2.36. The SMILES string of the molecule is OCc1csc(N2CCCC(CO)(Cc3cccc(Cl)c3)C2)n1. The van der Waals surface area contributed by atoms with Gasteiger partial charge in [0.15, 0.2) is 5.13 Å². The predicted octanol–water partition coefficient (Wildman–Crippen LogP) is 3.11. The zero-order valence-electron chi connectivity index (χ0n) is 12.9. The Kier molecular flexibility index (Phi) is 5.21. The van der Waals surface area contributed by atoms with Gasteiger partial charge in [-0.2, -0.15) is 0 Å². The van der Waals surface area contributed by atoms with Gasteiger partial charge in [0, 0.05) is 28.9 Å². The summed E-state index contributed by atoms with van der Waals surface area (Å²) in [4.78, 5) is 6.70. The summed E-state index contributed by atoms with van der Waals surface area (Å²) in [5.74, 6) is 0. The number of aliphatic hydroxyl groups excluding tert-OH is 2. The van der Waals surface area contributed by atoms with Gasteiger partial charge in [0.1, 0.15) is 0 Å². The van der Waals surface area contributed by atoms with Gasteiger partial charge in [-0.05, 0) is 37.0 Å². The molecule has 0 spiro atoms. The maximum Gasteiger partial charge on any atom is 0.185 e. The van der Waals surface area contributed by atoms with E-state index in [0.29, 0.717) is 5.69 Å². The summed E-state index contributed by atoms with van der Waals surface area (Å²) in [6.45, 7) is 1.83. The number of nitrogens with zero attached hydrogens (tertiary/aromatic N) is 2. The van der Waals surface area contributed by atoms with E-state index in [1.807, 2.05) is 23.6 Å². The molecular weight excluding hydrogens is 332 g/mol. The van der Waals surface area contributed by atoms with Gasteiger partial charge >= 0.3 is 0 Å². The van der Waals surface area contributed by atoms with Gasteiger partial charge in [-0.15, -0.1) is 11.3 Å². The van der Waals surface area contributed by atoms with Crippen LogP contribution in [0.5, 0.6) is 0 Å². The molecule has 2 heterocycles. The third kappa shape index (κ3) is 3.86. The van der Waals surface area contributed by atoms with E-state index in [0.717, 1.165) is 48.1 Å². The number of thiazole rings is 1. The van der Waals surface area contributed by atoms with Gasteiger partial charge in [-0.3, -0.25) is 0 Å². The standard InChI is InChI=1S/C17H21ClN2O2S/c18-14-4-1-3-13(7-14)8-17(12-22)5-2-6-20(11-17)16-19-15(9-21)10-23-16/h1,3-4,7,10,21-22H,2,5-6,8-9,11-12H2. The lowest BCUT2D eigenvalue weighted by atomic mass is 9.76. The average Bonchev–Trinajstić information content (AvgIpc) is 3.04. The predicted molar refractivity (Wildman–Crippen MR) is 94.2 cm³/mol. The minimum atomic E-state index is -0.173. The van der Waals surface area contributed by atoms with Crippen LogP contribution in [0.4, 0.5) is 5.13 Å². The van der Waals surface area contributed by atoms with Gasteiger partial charge in [0.25, 0.3) is 0 Å². The van der Waals surface area contributed by atoms with Crippen molar-refractivity contribution in [3.05, 3.63) is 45.9 Å². The highest BCUT2D eigenvalue weighted by Gasteiger charge is 2.36. The van der Waals surface area contributed by atoms with Crippen LogP contribution in [-0.2, 0) is 13.0 Å². The minimum absolute atomic E-state index is 0.0298. The van der Waals surface area contributed by atoms with Crippen LogP contribution in [0.15, 0.2) is 29.6 Å². The first-order chi connectivity index (χ1) is 11.1. The van der Waals surface area contributed by atoms with E-state index in [9.17, 15) is 10.2 Å². The van der Waals surface area contributed by atoms with E-state index in [1.54, 1.807) is 11.3 Å². The first kappa shape index (κ1) is 16.7. The summed E-state index contributed by atoms with van der Waals surface area (Å²) in [5, 5.41) is 22.8. The number of aliphatic hydroxyl groups is 2. The second-order valence-corrected chi connectivity index (χ2v) is 7.54. The largest absolute Gasteiger partial charge is 0.396 e. The highest BCUT2D eigenvalue weighted by molar-refractivity contribution is 7.13. The zero-order valence-corrected chi connectivity index (χ0v) is 14.5. The van der Waals surface area contributed by atoms with Crippen molar-refractivity contribution >= 4 is 28.1 Å². The fourth-order valence-electron chi connectivity index (χ4n) is 3.29. The van der Waals surface area contributed by atoms with Crippen molar-refractivity contribution in [1.29, 1.82) is 0 Å². The molecule has 23 heavy (non-hydrogen) atoms. The van der Waals surface area contributed by atoms with Crippen molar-refractivity contribution in [2.45, 2.75) is 25.9 Å². The highest BCUT2D eigenvalue weighted by atomic mass is 35.5. The smallest absolute Gasteiger partial charge is 0.185 e. The molecule has 1 atom stereocenters. The molecule has 1 aromatic heterocycles. The molecule has 0 amide bonds. The zero-order chi connectivity index (χ0) is 16.3. The van der Waals surface area contributed by atoms with Crippen LogP contribution in [0.3, 0.4) is 0 Å². The monoisotopic (exact) mass is 352 g/mol. The second kappa shape index (κ2) is 7.18. The summed E-state index contributed by atoms with van der Waals surface area (Å²) in [5.41, 5.74) is 1.69. The Morgan fingerprint density at radius 3 is 2.91 bits per heavy atom. The number of rotatable bonds is 5. The first-order valence-corrected chi connectivity index (χ1v) is 9.05. The molecule has 6 heteroatoms. The van der Waals surface area contributed by atoms with Crippen molar-refractivity contribution in [2.24, 2.45) is 5.41 Å². The van der Waals surface area contributed by atoms with Gasteiger partial charge in [-0.1, -0.05) is 23.7 Å². The Labute approximate surface area is 145 Å². The number of aromatic nitrogens is 1. The summed E-state index contributed by atoms with van der Waals surface area (Å²) >= 11 is 7.64. The van der Waals surface area contributed by atoms with Crippen LogP contribution in [-0.4, -0.2) is 34.9 Å². The van der Waals surface area contributed by atoms with Crippen molar-refractivity contribution in [3.8, 4) is 0 Å². The van der Waals surface area contributed by atoms with E-state index in [4.69, 9.17) is 11.6 Å². The topological polar surface area (TPSA) is 56.6 Å². The van der Waals surface area contributed by atoms with Crippen LogP contribution in [0.1, 0.15) is 24.1 Å². The number of halogens is 1. The van der Waals surface area contributed by atoms with E-state index in [1.165, 1.54) is 0 Å². The quantitative estimate of drug-likeness (QED) is 0.868. The van der Waals surface area contributed by atoms with Crippen LogP contribution >= 0.6 is 22.9 Å². The van der Waals surface area contributed by atoms with E-state index < -0.39 is 0 Å². The fourth-order valence-corrected chi connectivity index (χ4v) is 4.35. The molecule has 1 aliphatic heterocycles. The fraction of sp³-hybridized carbons (Fsp3) is 0.471. The first-order valence-electron chi connectivity index (χ1n) is 7.80. The Hall–Kier alpha value is -1.14. The minimum Gasteiger partial charge on any atom is -0.396 e. The van der Waals surface area contributed by atoms with Crippen LogP contribution < -0.4 is 4.90 Å². The molecule has 0 aliphatic carbocycles. The van der Waals surface area contributed by atoms with E-state index >= 15 is 0 Å². The van der Waals surface area contributed by atoms with E-state index in [-0.39, 0.29) is 18.6 Å². The van der Waals surface area contributed by atoms with Crippen LogP contribution in [0.25, 0.3) is 0 Å². The number of anilines is 1. The molecule has 4 nitrogen and oxygen atoms in total. The van der Waals surface area contributed by atoms with Crippen molar-refractivity contribution in [2.75, 3.05) is 24.6 Å². The summed E-state index contributed by atoms with van der Waals surface area (Å²) in [6.07, 6.45) is 2.82. The van der Waals surface area contributed by atoms with Gasteiger partial charge in [0.2, 0.25) is 0 Å². The summed E-state index contributed by atoms with van der Waals surface area (Å²) < 4.78 is 0. The molecule has 0 bridgehead atoms. The number of benzene rings is 1. The molecule has 0 radical (unpaired) electrons. The number of hydrogen-bond donors (Lipinski definition) is 2. The van der Waals surface area contributed by atoms with Gasteiger partial charge < -0.3 is 15.1 Å². The molecule has 3 rings (SSSR count). The Morgan fingerprint density at radius 2 is 2.22 bits per heavy atom. The summed E-state index contributed by atoms with van der Waals surface area (Å²) in [7, 11) is 0. The molecule has 1 saturated heterocycles. The van der Waals surface area contributed by atoms with Crippen molar-refractivity contribution in [3.63, 3.8) is 0 Å². The lowest BCUT2D eigenvalue weighted by molar-refractivity contribution is 0.105. The summed E-state index contributed by atoms with van der Waals surface area (Å²) in [6, 6.07) is 7.87. The maximum atomic E-state index is 10.1. The van der Waals surface area contributed by atoms with Crippen molar-refractivity contribution < 1.29 is 10.2 Å². The Bertz CT molecular complexity index is 664. The van der Waals surface area contributed by atoms with Gasteiger partial charge in [-0.25, -0.2) is 4.98 Å². The van der Waals surface area contributed by atoms with E-state index in [2.05, 4.69) is 16.0 Å². The second-order valence-electron chi connectivity index (χ2n) is 6.27. The third-order valence-electron chi connectivity index (χ3n) is 4.44. The normalized spacial score (nSPS) is 21.6. The third-order valence-corrected chi connectivity index (χ3v) is 5.62. The molecule has 1 aliphatic rings. The molecule has 1 fully saturated rings. The maximum absolute atomic E-state index is 10.1. The molecule has 1 aromatic carbocycles. The lowest BCUT2D eigenvalue weighted by Gasteiger charge is -2.42. The number of piperidine rings is 1. The lowest BCUT2D eigenvalue weighted by Crippen LogP contribution is -2.46. The molecule has 2 N–H and O–H groups in total. The molecule has 2 aromatic rings. The van der Waals surface area contributed by atoms with Gasteiger partial charge in [0.05, 0.1) is 18.9 Å². The van der Waals surface area contributed by atoms with Crippen LogP contribution in [0.2, 0.25) is 5.02 Å². The Morgan fingerprint density at radius 1 is 1.35 bits per heavy atom.